The van der Waals surface area contributed by atoms with Gasteiger partial charge in [-0.25, -0.2) is 0 Å². The third-order valence-corrected chi connectivity index (χ3v) is 2.32. The normalized spacial score (nSPS) is 9.56. The number of unbranched alkanes of at least 4 members (excludes halogenated alkanes) is 5. The fraction of sp³-hybridized carbons (Fsp3) is 0.833. The van der Waals surface area contributed by atoms with Gasteiger partial charge in [0.1, 0.15) is 0 Å². The molecule has 0 saturated heterocycles. The first-order valence-electron chi connectivity index (χ1n) is 6.06. The van der Waals surface area contributed by atoms with Crippen LogP contribution < -0.4 is 56.7 Å². The summed E-state index contributed by atoms with van der Waals surface area (Å²) in [5.41, 5.74) is 0. The van der Waals surface area contributed by atoms with E-state index >= 15 is 0 Å². The summed E-state index contributed by atoms with van der Waals surface area (Å²) < 4.78 is 0. The number of rotatable bonds is 10. The van der Waals surface area contributed by atoms with Gasteiger partial charge in [-0.05, 0) is 19.9 Å². The predicted molar refractivity (Wildman–Crippen MR) is 65.8 cm³/mol. The Hall–Kier alpha value is 1.61. The van der Waals surface area contributed by atoms with Crippen LogP contribution in [0.5, 0.6) is 0 Å². The maximum absolute atomic E-state index is 11.2. The number of amides is 1. The molecule has 0 atom stereocenters. The Bertz CT molecular complexity index is 183. The number of nitrogens with one attached hydrogen (secondary N) is 1. The number of hydrogen-bond donors (Lipinski definition) is 2. The van der Waals surface area contributed by atoms with Crippen molar-refractivity contribution in [1.29, 1.82) is 0 Å². The van der Waals surface area contributed by atoms with Crippen LogP contribution in [0.4, 0.5) is 0 Å². The molecule has 18 heavy (non-hydrogen) atoms. The van der Waals surface area contributed by atoms with E-state index in [-0.39, 0.29) is 75.8 Å². The van der Waals surface area contributed by atoms with E-state index in [2.05, 4.69) is 12.4 Å². The molecule has 2 N–H and O–H groups in total. The molecule has 0 saturated carbocycles. The van der Waals surface area contributed by atoms with Crippen LogP contribution in [0.25, 0.3) is 0 Å². The zero-order chi connectivity index (χ0) is 12.2. The van der Waals surface area contributed by atoms with Gasteiger partial charge in [0.15, 0.2) is 0 Å². The van der Waals surface area contributed by atoms with Gasteiger partial charge in [-0.2, -0.15) is 0 Å². The molecular formula is C12H25KN2O2V. The molecule has 0 aliphatic carbocycles. The van der Waals surface area contributed by atoms with Gasteiger partial charge in [0, 0.05) is 31.7 Å². The van der Waals surface area contributed by atoms with Crippen molar-refractivity contribution in [2.45, 2.75) is 38.5 Å². The molecular weight excluding hydrogens is 294 g/mol. The molecule has 0 aliphatic heterocycles. The SMILES string of the molecule is [CH2-]N(C)CC(=O)NCCCCCCCCO.[K+].[V]. The van der Waals surface area contributed by atoms with E-state index in [9.17, 15) is 4.79 Å². The number of likely N-dealkylation sites (N-methyl/N-ethyl adjacent to an activating group) is 1. The van der Waals surface area contributed by atoms with Crippen LogP contribution in [-0.4, -0.2) is 42.7 Å². The molecule has 0 rings (SSSR count). The average Bonchev–Trinajstić information content (AvgIpc) is 2.21. The minimum Gasteiger partial charge on any atom is -0.454 e. The first kappa shape index (κ1) is 24.6. The first-order chi connectivity index (χ1) is 7.66. The van der Waals surface area contributed by atoms with E-state index in [1.54, 1.807) is 11.9 Å². The summed E-state index contributed by atoms with van der Waals surface area (Å²) in [4.78, 5) is 12.8. The van der Waals surface area contributed by atoms with E-state index in [1.165, 1.54) is 12.8 Å². The molecule has 0 spiro atoms. The van der Waals surface area contributed by atoms with Crippen LogP contribution in [0, 0.1) is 7.05 Å². The van der Waals surface area contributed by atoms with Crippen molar-refractivity contribution in [3.63, 3.8) is 0 Å². The Morgan fingerprint density at radius 2 is 1.67 bits per heavy atom. The van der Waals surface area contributed by atoms with E-state index in [0.717, 1.165) is 32.2 Å². The molecule has 6 heteroatoms. The minimum absolute atomic E-state index is 0. The van der Waals surface area contributed by atoms with Crippen molar-refractivity contribution < 1.29 is 79.8 Å². The Morgan fingerprint density at radius 1 is 1.17 bits per heavy atom. The summed E-state index contributed by atoms with van der Waals surface area (Å²) in [5.74, 6) is 0.0396. The van der Waals surface area contributed by atoms with Crippen molar-refractivity contribution in [2.75, 3.05) is 26.7 Å². The third kappa shape index (κ3) is 19.9. The van der Waals surface area contributed by atoms with Crippen LogP contribution in [-0.2, 0) is 23.4 Å². The fourth-order valence-electron chi connectivity index (χ4n) is 1.47. The molecule has 0 unspecified atom stereocenters. The number of aliphatic hydroxyl groups excluding tert-OH is 1. The van der Waals surface area contributed by atoms with Gasteiger partial charge in [-0.15, -0.1) is 0 Å². The molecule has 0 aromatic heterocycles. The van der Waals surface area contributed by atoms with Gasteiger partial charge in [0.2, 0.25) is 5.91 Å². The van der Waals surface area contributed by atoms with E-state index < -0.39 is 0 Å². The van der Waals surface area contributed by atoms with E-state index in [4.69, 9.17) is 5.11 Å². The predicted octanol–water partition coefficient (Wildman–Crippen LogP) is -1.84. The molecule has 1 amide bonds. The van der Waals surface area contributed by atoms with Crippen LogP contribution >= 0.6 is 0 Å². The standard InChI is InChI=1S/C12H25N2O2.K.V/c1-14(2)11-12(16)13-9-7-5-3-4-6-8-10-15;;/h15H,1,3-11H2,2H3,(H,13,16);;/q-1;+1;. The quantitative estimate of drug-likeness (QED) is 0.283. The van der Waals surface area contributed by atoms with Gasteiger partial charge < -0.3 is 15.3 Å². The molecule has 0 aromatic rings. The molecule has 0 heterocycles. The Labute approximate surface area is 166 Å². The molecule has 0 fully saturated rings. The van der Waals surface area contributed by atoms with Gasteiger partial charge in [-0.1, -0.05) is 25.7 Å². The summed E-state index contributed by atoms with van der Waals surface area (Å²) in [6.45, 7) is 1.41. The van der Waals surface area contributed by atoms with E-state index in [0.29, 0.717) is 13.2 Å². The monoisotopic (exact) mass is 319 g/mol. The summed E-state index contributed by atoms with van der Waals surface area (Å²) >= 11 is 0. The molecule has 0 aromatic carbocycles. The molecule has 1 radical (unpaired) electrons. The van der Waals surface area contributed by atoms with Crippen molar-refractivity contribution in [2.24, 2.45) is 0 Å². The van der Waals surface area contributed by atoms with Crippen LogP contribution in [0.1, 0.15) is 38.5 Å². The number of carbonyl (C=O) groups is 1. The number of carbonyl (C=O) groups excluding carboxylic acids is 1. The van der Waals surface area contributed by atoms with Gasteiger partial charge in [0.05, 0.1) is 6.54 Å². The smallest absolute Gasteiger partial charge is 0.454 e. The van der Waals surface area contributed by atoms with Crippen molar-refractivity contribution in [1.82, 2.24) is 10.2 Å². The molecule has 101 valence electrons. The Morgan fingerprint density at radius 3 is 2.17 bits per heavy atom. The third-order valence-electron chi connectivity index (χ3n) is 2.32. The maximum Gasteiger partial charge on any atom is 1.00 e. The number of aliphatic hydroxyl groups is 1. The summed E-state index contributed by atoms with van der Waals surface area (Å²) in [5, 5.41) is 11.4. The van der Waals surface area contributed by atoms with Crippen LogP contribution in [0.3, 0.4) is 0 Å². The topological polar surface area (TPSA) is 52.6 Å². The van der Waals surface area contributed by atoms with Gasteiger partial charge in [-0.3, -0.25) is 11.8 Å². The first-order valence-corrected chi connectivity index (χ1v) is 6.06. The van der Waals surface area contributed by atoms with Gasteiger partial charge >= 0.3 is 51.4 Å². The molecule has 4 nitrogen and oxygen atoms in total. The second kappa shape index (κ2) is 18.6. The number of hydrogen-bond acceptors (Lipinski definition) is 3. The van der Waals surface area contributed by atoms with Crippen molar-refractivity contribution >= 4 is 5.91 Å². The maximum atomic E-state index is 11.2. The minimum atomic E-state index is 0. The Balaban J connectivity index is -0.00000112. The zero-order valence-corrected chi connectivity index (χ0v) is 16.3. The van der Waals surface area contributed by atoms with Crippen LogP contribution in [0.2, 0.25) is 0 Å². The average molecular weight is 319 g/mol. The Kier molecular flexibility index (Phi) is 25.5. The fourth-order valence-corrected chi connectivity index (χ4v) is 1.47. The largest absolute Gasteiger partial charge is 1.00 e. The molecule has 0 bridgehead atoms. The summed E-state index contributed by atoms with van der Waals surface area (Å²) in [7, 11) is 5.40. The van der Waals surface area contributed by atoms with Crippen molar-refractivity contribution in [3.8, 4) is 0 Å². The summed E-state index contributed by atoms with van der Waals surface area (Å²) in [6, 6.07) is 0. The number of nitrogens with zero attached hydrogens (tertiary/aromatic N) is 1. The van der Waals surface area contributed by atoms with Crippen LogP contribution in [0.15, 0.2) is 0 Å². The second-order valence-corrected chi connectivity index (χ2v) is 4.21. The van der Waals surface area contributed by atoms with Gasteiger partial charge in [0.25, 0.3) is 0 Å². The second-order valence-electron chi connectivity index (χ2n) is 4.21. The zero-order valence-electron chi connectivity index (χ0n) is 11.8. The summed E-state index contributed by atoms with van der Waals surface area (Å²) in [6.07, 6.45) is 6.56. The van der Waals surface area contributed by atoms with Crippen molar-refractivity contribution in [3.05, 3.63) is 7.05 Å². The molecule has 0 aliphatic rings. The van der Waals surface area contributed by atoms with E-state index in [1.807, 2.05) is 0 Å².